The van der Waals surface area contributed by atoms with Gasteiger partial charge in [0.2, 0.25) is 0 Å². The third kappa shape index (κ3) is 2.34. The van der Waals surface area contributed by atoms with Gasteiger partial charge in [0.25, 0.3) is 0 Å². The summed E-state index contributed by atoms with van der Waals surface area (Å²) in [5.41, 5.74) is 0.877. The zero-order chi connectivity index (χ0) is 12.4. The molecule has 3 aromatic rings. The van der Waals surface area contributed by atoms with Crippen LogP contribution in [0.5, 0.6) is 5.75 Å². The van der Waals surface area contributed by atoms with E-state index in [4.69, 9.17) is 20.8 Å². The molecule has 0 radical (unpaired) electrons. The highest BCUT2D eigenvalue weighted by Crippen LogP contribution is 2.22. The second-order valence-corrected chi connectivity index (χ2v) is 4.43. The van der Waals surface area contributed by atoms with Crippen LogP contribution in [0, 0.1) is 0 Å². The lowest BCUT2D eigenvalue weighted by Crippen LogP contribution is -1.93. The molecule has 0 aliphatic heterocycles. The van der Waals surface area contributed by atoms with Gasteiger partial charge in [-0.15, -0.1) is 0 Å². The van der Waals surface area contributed by atoms with Gasteiger partial charge >= 0.3 is 0 Å². The second-order valence-electron chi connectivity index (χ2n) is 4.00. The van der Waals surface area contributed by atoms with E-state index in [2.05, 4.69) is 0 Å². The minimum atomic E-state index is 0.398. The molecule has 3 rings (SSSR count). The maximum atomic E-state index is 5.89. The summed E-state index contributed by atoms with van der Waals surface area (Å²) >= 11 is 5.89. The van der Waals surface area contributed by atoms with Gasteiger partial charge < -0.3 is 9.15 Å². The number of halogens is 1. The first-order valence-electron chi connectivity index (χ1n) is 5.67. The summed E-state index contributed by atoms with van der Waals surface area (Å²) in [5.74, 6) is 1.54. The van der Waals surface area contributed by atoms with E-state index in [1.54, 1.807) is 6.07 Å². The quantitative estimate of drug-likeness (QED) is 0.681. The van der Waals surface area contributed by atoms with Crippen LogP contribution in [0.25, 0.3) is 11.0 Å². The molecule has 0 bridgehead atoms. The van der Waals surface area contributed by atoms with E-state index in [0.29, 0.717) is 11.6 Å². The van der Waals surface area contributed by atoms with Gasteiger partial charge in [-0.3, -0.25) is 0 Å². The van der Waals surface area contributed by atoms with Crippen molar-refractivity contribution in [2.75, 3.05) is 0 Å². The molecular formula is C15H11ClO2. The molecule has 2 aromatic carbocycles. The predicted octanol–water partition coefficient (Wildman–Crippen LogP) is 4.67. The van der Waals surface area contributed by atoms with Gasteiger partial charge in [-0.1, -0.05) is 35.9 Å². The Hall–Kier alpha value is -1.93. The topological polar surface area (TPSA) is 22.4 Å². The Balaban J connectivity index is 1.76. The summed E-state index contributed by atoms with van der Waals surface area (Å²) in [4.78, 5) is 0. The van der Waals surface area contributed by atoms with E-state index < -0.39 is 0 Å². The summed E-state index contributed by atoms with van der Waals surface area (Å²) in [6.07, 6.45) is 0. The van der Waals surface area contributed by atoms with Crippen molar-refractivity contribution in [3.05, 3.63) is 65.4 Å². The highest BCUT2D eigenvalue weighted by Gasteiger charge is 2.03. The molecule has 0 N–H and O–H groups in total. The largest absolute Gasteiger partial charge is 0.486 e. The Kier molecular flexibility index (Phi) is 2.95. The van der Waals surface area contributed by atoms with Crippen LogP contribution in [0.1, 0.15) is 5.76 Å². The zero-order valence-electron chi connectivity index (χ0n) is 9.60. The Morgan fingerprint density at radius 1 is 1.00 bits per heavy atom. The molecule has 0 unspecified atom stereocenters. The molecule has 18 heavy (non-hydrogen) atoms. The van der Waals surface area contributed by atoms with E-state index in [9.17, 15) is 0 Å². The number of furan rings is 1. The summed E-state index contributed by atoms with van der Waals surface area (Å²) in [5, 5.41) is 1.75. The third-order valence-corrected chi connectivity index (χ3v) is 2.89. The second kappa shape index (κ2) is 4.75. The van der Waals surface area contributed by atoms with Crippen LogP contribution in [0.15, 0.2) is 59.0 Å². The first-order chi connectivity index (χ1) is 8.81. The zero-order valence-corrected chi connectivity index (χ0v) is 10.4. The molecule has 90 valence electrons. The number of hydrogen-bond acceptors (Lipinski definition) is 2. The molecule has 1 aromatic heterocycles. The Labute approximate surface area is 110 Å². The Morgan fingerprint density at radius 3 is 2.72 bits per heavy atom. The van der Waals surface area contributed by atoms with E-state index in [0.717, 1.165) is 22.5 Å². The van der Waals surface area contributed by atoms with Gasteiger partial charge in [0.15, 0.2) is 0 Å². The van der Waals surface area contributed by atoms with Gasteiger partial charge in [0, 0.05) is 10.4 Å². The highest BCUT2D eigenvalue weighted by atomic mass is 35.5. The lowest BCUT2D eigenvalue weighted by Gasteiger charge is -2.03. The molecular weight excluding hydrogens is 248 g/mol. The van der Waals surface area contributed by atoms with Crippen molar-refractivity contribution in [3.63, 3.8) is 0 Å². The maximum absolute atomic E-state index is 5.89. The number of benzene rings is 2. The van der Waals surface area contributed by atoms with Gasteiger partial charge in [-0.2, -0.15) is 0 Å². The summed E-state index contributed by atoms with van der Waals surface area (Å²) < 4.78 is 11.3. The smallest absolute Gasteiger partial charge is 0.146 e. The monoisotopic (exact) mass is 258 g/mol. The van der Waals surface area contributed by atoms with Gasteiger partial charge in [0.05, 0.1) is 0 Å². The number of fused-ring (bicyclic) bond motifs is 1. The van der Waals surface area contributed by atoms with Gasteiger partial charge in [0.1, 0.15) is 23.7 Å². The molecule has 0 saturated heterocycles. The molecule has 0 atom stereocenters. The Morgan fingerprint density at radius 2 is 1.89 bits per heavy atom. The van der Waals surface area contributed by atoms with Crippen LogP contribution < -0.4 is 4.74 Å². The summed E-state index contributed by atoms with van der Waals surface area (Å²) in [6.45, 7) is 0.398. The van der Waals surface area contributed by atoms with E-state index in [1.807, 2.05) is 48.5 Å². The lowest BCUT2D eigenvalue weighted by molar-refractivity contribution is 0.274. The minimum Gasteiger partial charge on any atom is -0.486 e. The molecule has 3 heteroatoms. The summed E-state index contributed by atoms with van der Waals surface area (Å²) in [6, 6.07) is 17.2. The van der Waals surface area contributed by atoms with Gasteiger partial charge in [-0.05, 0) is 30.3 Å². The van der Waals surface area contributed by atoms with Crippen molar-refractivity contribution < 1.29 is 9.15 Å². The summed E-state index contributed by atoms with van der Waals surface area (Å²) in [7, 11) is 0. The molecule has 0 amide bonds. The fourth-order valence-electron chi connectivity index (χ4n) is 1.82. The van der Waals surface area contributed by atoms with Crippen molar-refractivity contribution in [1.82, 2.24) is 0 Å². The van der Waals surface area contributed by atoms with E-state index in [-0.39, 0.29) is 0 Å². The molecule has 0 fully saturated rings. The average molecular weight is 259 g/mol. The lowest BCUT2D eigenvalue weighted by atomic mass is 10.2. The van der Waals surface area contributed by atoms with Crippen molar-refractivity contribution in [2.24, 2.45) is 0 Å². The fourth-order valence-corrected chi connectivity index (χ4v) is 2.00. The fraction of sp³-hybridized carbons (Fsp3) is 0.0667. The standard InChI is InChI=1S/C15H11ClO2/c16-12-5-3-6-13(9-12)17-10-14-8-11-4-1-2-7-15(11)18-14/h1-9H,10H2. The number of ether oxygens (including phenoxy) is 1. The minimum absolute atomic E-state index is 0.398. The van der Waals surface area contributed by atoms with Crippen LogP contribution >= 0.6 is 11.6 Å². The van der Waals surface area contributed by atoms with E-state index >= 15 is 0 Å². The van der Waals surface area contributed by atoms with Crippen molar-refractivity contribution in [1.29, 1.82) is 0 Å². The Bertz CT molecular complexity index is 640. The average Bonchev–Trinajstić information content (AvgIpc) is 2.79. The van der Waals surface area contributed by atoms with Crippen LogP contribution in [-0.4, -0.2) is 0 Å². The molecule has 0 spiro atoms. The number of rotatable bonds is 3. The van der Waals surface area contributed by atoms with Gasteiger partial charge in [-0.25, -0.2) is 0 Å². The van der Waals surface area contributed by atoms with Crippen molar-refractivity contribution >= 4 is 22.6 Å². The van der Waals surface area contributed by atoms with Crippen LogP contribution in [0.2, 0.25) is 5.02 Å². The van der Waals surface area contributed by atoms with E-state index in [1.165, 1.54) is 0 Å². The molecule has 0 saturated carbocycles. The molecule has 1 heterocycles. The third-order valence-electron chi connectivity index (χ3n) is 2.65. The number of para-hydroxylation sites is 1. The molecule has 2 nitrogen and oxygen atoms in total. The number of hydrogen-bond donors (Lipinski definition) is 0. The normalized spacial score (nSPS) is 10.7. The predicted molar refractivity (Wildman–Crippen MR) is 72.0 cm³/mol. The first-order valence-corrected chi connectivity index (χ1v) is 6.05. The highest BCUT2D eigenvalue weighted by molar-refractivity contribution is 6.30. The van der Waals surface area contributed by atoms with Crippen molar-refractivity contribution in [2.45, 2.75) is 6.61 Å². The maximum Gasteiger partial charge on any atom is 0.146 e. The first kappa shape index (κ1) is 11.2. The molecule has 0 aliphatic rings. The van der Waals surface area contributed by atoms with Crippen LogP contribution in [0.3, 0.4) is 0 Å². The molecule has 0 aliphatic carbocycles. The van der Waals surface area contributed by atoms with Crippen LogP contribution in [0.4, 0.5) is 0 Å². The SMILES string of the molecule is Clc1cccc(OCc2cc3ccccc3o2)c1. The van der Waals surface area contributed by atoms with Crippen molar-refractivity contribution in [3.8, 4) is 5.75 Å². The van der Waals surface area contributed by atoms with Crippen LogP contribution in [-0.2, 0) is 6.61 Å².